The van der Waals surface area contributed by atoms with Gasteiger partial charge in [-0.1, -0.05) is 0 Å². The highest BCUT2D eigenvalue weighted by Gasteiger charge is 2.28. The lowest BCUT2D eigenvalue weighted by Gasteiger charge is -2.21. The number of carbonyl (C=O) groups excluding carboxylic acids is 1. The fourth-order valence-corrected chi connectivity index (χ4v) is 1.52. The van der Waals surface area contributed by atoms with Crippen molar-refractivity contribution in [2.45, 2.75) is 38.8 Å². The van der Waals surface area contributed by atoms with Crippen LogP contribution in [-0.2, 0) is 9.53 Å². The maximum Gasteiger partial charge on any atom is 0.408 e. The molecule has 0 spiro atoms. The second kappa shape index (κ2) is 5.20. The van der Waals surface area contributed by atoms with Crippen molar-refractivity contribution >= 4 is 12.1 Å². The summed E-state index contributed by atoms with van der Waals surface area (Å²) in [5.41, 5.74) is -0.417. The number of hydrogen-bond donors (Lipinski definition) is 2. The molecular weight excluding hydrogens is 241 g/mol. The molecule has 1 atom stereocenters. The Morgan fingerprint density at radius 3 is 2.61 bits per heavy atom. The first-order valence-electron chi connectivity index (χ1n) is 5.45. The average Bonchev–Trinajstić information content (AvgIpc) is 2.57. The van der Waals surface area contributed by atoms with E-state index in [0.29, 0.717) is 6.33 Å². The molecule has 0 aromatic carbocycles. The Labute approximate surface area is 104 Å². The van der Waals surface area contributed by atoms with Crippen molar-refractivity contribution in [3.63, 3.8) is 0 Å². The van der Waals surface area contributed by atoms with Crippen LogP contribution in [0.2, 0.25) is 0 Å². The van der Waals surface area contributed by atoms with Gasteiger partial charge in [0, 0.05) is 12.0 Å². The number of amides is 1. The first kappa shape index (κ1) is 14.2. The summed E-state index contributed by atoms with van der Waals surface area (Å²) < 4.78 is 17.6. The Kier molecular flexibility index (Phi) is 4.11. The Hall–Kier alpha value is -1.85. The molecule has 0 aliphatic heterocycles. The molecule has 6 heteroatoms. The number of nitrogens with one attached hydrogen (secondary N) is 1. The van der Waals surface area contributed by atoms with E-state index >= 15 is 0 Å². The van der Waals surface area contributed by atoms with E-state index < -0.39 is 23.7 Å². The number of rotatable bonds is 2. The molecular formula is C12H16FNO4. The van der Waals surface area contributed by atoms with Gasteiger partial charge in [-0.15, -0.1) is 0 Å². The van der Waals surface area contributed by atoms with E-state index in [2.05, 4.69) is 5.32 Å². The van der Waals surface area contributed by atoms with E-state index in [1.807, 2.05) is 0 Å². The molecule has 0 radical (unpaired) electrons. The van der Waals surface area contributed by atoms with Crippen molar-refractivity contribution in [2.24, 2.45) is 0 Å². The van der Waals surface area contributed by atoms with E-state index in [0.717, 1.165) is 0 Å². The van der Waals surface area contributed by atoms with Crippen molar-refractivity contribution in [2.75, 3.05) is 0 Å². The van der Waals surface area contributed by atoms with Crippen LogP contribution < -0.4 is 5.32 Å². The van der Waals surface area contributed by atoms with Crippen LogP contribution in [-0.4, -0.2) is 28.8 Å². The molecule has 2 N–H and O–H groups in total. The van der Waals surface area contributed by atoms with Crippen LogP contribution in [0.5, 0.6) is 0 Å². The smallest absolute Gasteiger partial charge is 0.408 e. The predicted octanol–water partition coefficient (Wildman–Crippen LogP) is 2.15. The predicted molar refractivity (Wildman–Crippen MR) is 62.7 cm³/mol. The fourth-order valence-electron chi connectivity index (χ4n) is 1.52. The highest BCUT2D eigenvalue weighted by molar-refractivity contribution is 5.89. The number of halogens is 1. The lowest BCUT2D eigenvalue weighted by Crippen LogP contribution is -2.38. The van der Waals surface area contributed by atoms with Crippen LogP contribution >= 0.6 is 0 Å². The molecule has 0 saturated heterocycles. The molecule has 100 valence electrons. The van der Waals surface area contributed by atoms with Crippen molar-refractivity contribution in [1.29, 1.82) is 0 Å². The van der Waals surface area contributed by atoms with Crippen LogP contribution in [0.3, 0.4) is 0 Å². The molecule has 0 aromatic heterocycles. The Morgan fingerprint density at radius 1 is 1.56 bits per heavy atom. The summed E-state index contributed by atoms with van der Waals surface area (Å²) in [6.45, 7) is 5.10. The standard InChI is InChI=1S/C12H16FNO4/c1-12(2,3)18-11(17)14-9-5-7(10(15)16)4-8(9)6-13/h5-6,9H,4H2,1-3H3,(H,14,17)(H,15,16)/b8-6+/t9-/m0/s1. The summed E-state index contributed by atoms with van der Waals surface area (Å²) in [7, 11) is 0. The second-order valence-corrected chi connectivity index (χ2v) is 4.98. The quantitative estimate of drug-likeness (QED) is 0.794. The summed E-state index contributed by atoms with van der Waals surface area (Å²) in [6.07, 6.45) is 0.882. The largest absolute Gasteiger partial charge is 0.478 e. The normalized spacial score (nSPS) is 21.7. The number of ether oxygens (including phenoxy) is 1. The summed E-state index contributed by atoms with van der Waals surface area (Å²) in [4.78, 5) is 22.3. The third-order valence-corrected chi connectivity index (χ3v) is 2.25. The van der Waals surface area contributed by atoms with E-state index in [9.17, 15) is 14.0 Å². The third kappa shape index (κ3) is 3.87. The van der Waals surface area contributed by atoms with E-state index in [4.69, 9.17) is 9.84 Å². The molecule has 1 aliphatic carbocycles. The Balaban J connectivity index is 2.71. The van der Waals surface area contributed by atoms with Gasteiger partial charge in [0.05, 0.1) is 12.4 Å². The molecule has 1 aliphatic rings. The van der Waals surface area contributed by atoms with Gasteiger partial charge in [-0.25, -0.2) is 14.0 Å². The van der Waals surface area contributed by atoms with E-state index in [-0.39, 0.29) is 17.6 Å². The van der Waals surface area contributed by atoms with Gasteiger partial charge < -0.3 is 15.2 Å². The lowest BCUT2D eigenvalue weighted by molar-refractivity contribution is -0.132. The van der Waals surface area contributed by atoms with E-state index in [1.165, 1.54) is 6.08 Å². The van der Waals surface area contributed by atoms with Crippen molar-refractivity contribution < 1.29 is 23.8 Å². The molecule has 5 nitrogen and oxygen atoms in total. The number of carboxylic acid groups (broad SMARTS) is 1. The highest BCUT2D eigenvalue weighted by atomic mass is 19.1. The number of aliphatic carboxylic acids is 1. The van der Waals surface area contributed by atoms with Crippen LogP contribution in [0.1, 0.15) is 27.2 Å². The number of carboxylic acids is 1. The summed E-state index contributed by atoms with van der Waals surface area (Å²) >= 11 is 0. The topological polar surface area (TPSA) is 75.6 Å². The summed E-state index contributed by atoms with van der Waals surface area (Å²) in [5.74, 6) is -1.12. The average molecular weight is 257 g/mol. The monoisotopic (exact) mass is 257 g/mol. The highest BCUT2D eigenvalue weighted by Crippen LogP contribution is 2.25. The summed E-state index contributed by atoms with van der Waals surface area (Å²) in [6, 6.07) is -0.768. The van der Waals surface area contributed by atoms with Gasteiger partial charge in [-0.05, 0) is 32.4 Å². The molecule has 1 rings (SSSR count). The molecule has 0 bridgehead atoms. The van der Waals surface area contributed by atoms with Gasteiger partial charge in [0.25, 0.3) is 0 Å². The van der Waals surface area contributed by atoms with Crippen LogP contribution in [0.15, 0.2) is 23.6 Å². The first-order chi connectivity index (χ1) is 8.23. The first-order valence-corrected chi connectivity index (χ1v) is 5.45. The zero-order valence-corrected chi connectivity index (χ0v) is 10.5. The molecule has 0 unspecified atom stereocenters. The molecule has 0 heterocycles. The van der Waals surface area contributed by atoms with Gasteiger partial charge in [-0.3, -0.25) is 0 Å². The second-order valence-electron chi connectivity index (χ2n) is 4.98. The zero-order chi connectivity index (χ0) is 13.9. The Morgan fingerprint density at radius 2 is 2.17 bits per heavy atom. The number of hydrogen-bond acceptors (Lipinski definition) is 3. The van der Waals surface area contributed by atoms with Gasteiger partial charge in [0.15, 0.2) is 0 Å². The number of alkyl carbamates (subject to hydrolysis) is 1. The molecule has 0 fully saturated rings. The van der Waals surface area contributed by atoms with Gasteiger partial charge >= 0.3 is 12.1 Å². The van der Waals surface area contributed by atoms with Crippen molar-refractivity contribution in [3.8, 4) is 0 Å². The van der Waals surface area contributed by atoms with Gasteiger partial charge in [0.1, 0.15) is 5.60 Å². The molecule has 18 heavy (non-hydrogen) atoms. The minimum Gasteiger partial charge on any atom is -0.478 e. The van der Waals surface area contributed by atoms with Crippen molar-refractivity contribution in [3.05, 3.63) is 23.6 Å². The minimum atomic E-state index is -1.12. The number of carbonyl (C=O) groups is 2. The summed E-state index contributed by atoms with van der Waals surface area (Å²) in [5, 5.41) is 11.2. The molecule has 1 amide bonds. The molecule has 0 aromatic rings. The zero-order valence-electron chi connectivity index (χ0n) is 10.5. The SMILES string of the molecule is CC(C)(C)OC(=O)N[C@H]1C=C(C(=O)O)C/C1=C\F. The van der Waals surface area contributed by atoms with Crippen molar-refractivity contribution in [1.82, 2.24) is 5.32 Å². The van der Waals surface area contributed by atoms with Crippen LogP contribution in [0.25, 0.3) is 0 Å². The Bertz CT molecular complexity index is 420. The maximum absolute atomic E-state index is 12.6. The minimum absolute atomic E-state index is 0.0215. The fraction of sp³-hybridized carbons (Fsp3) is 0.500. The molecule has 0 saturated carbocycles. The van der Waals surface area contributed by atoms with E-state index in [1.54, 1.807) is 20.8 Å². The van der Waals surface area contributed by atoms with Gasteiger partial charge in [-0.2, -0.15) is 0 Å². The lowest BCUT2D eigenvalue weighted by atomic mass is 10.1. The van der Waals surface area contributed by atoms with Crippen LogP contribution in [0.4, 0.5) is 9.18 Å². The van der Waals surface area contributed by atoms with Crippen LogP contribution in [0, 0.1) is 0 Å². The maximum atomic E-state index is 12.6. The van der Waals surface area contributed by atoms with Gasteiger partial charge in [0.2, 0.25) is 0 Å². The third-order valence-electron chi connectivity index (χ3n) is 2.25.